The first-order valence-electron chi connectivity index (χ1n) is 10.0. The first-order valence-corrected chi connectivity index (χ1v) is 10.0. The summed E-state index contributed by atoms with van der Waals surface area (Å²) in [5.41, 5.74) is 0.590. The number of carbonyl (C=O) groups is 1. The summed E-state index contributed by atoms with van der Waals surface area (Å²) in [6.07, 6.45) is 3.19. The molecule has 0 unspecified atom stereocenters. The van der Waals surface area contributed by atoms with Gasteiger partial charge in [-0.3, -0.25) is 9.59 Å². The van der Waals surface area contributed by atoms with Crippen molar-refractivity contribution >= 4 is 28.9 Å². The van der Waals surface area contributed by atoms with E-state index in [0.29, 0.717) is 29.3 Å². The van der Waals surface area contributed by atoms with E-state index in [4.69, 9.17) is 4.74 Å². The van der Waals surface area contributed by atoms with Crippen LogP contribution in [0.25, 0.3) is 5.65 Å². The van der Waals surface area contributed by atoms with E-state index in [1.165, 1.54) is 15.3 Å². The molecule has 11 heteroatoms. The third-order valence-corrected chi connectivity index (χ3v) is 5.60. The summed E-state index contributed by atoms with van der Waals surface area (Å²) in [6, 6.07) is 4.53. The van der Waals surface area contributed by atoms with Crippen molar-refractivity contribution in [3.05, 3.63) is 46.5 Å². The summed E-state index contributed by atoms with van der Waals surface area (Å²) < 4.78 is 21.6. The maximum Gasteiger partial charge on any atom is 0.274 e. The predicted molar refractivity (Wildman–Crippen MR) is 112 cm³/mol. The van der Waals surface area contributed by atoms with Crippen molar-refractivity contribution in [2.45, 2.75) is 37.2 Å². The number of anilines is 3. The average Bonchev–Trinajstić information content (AvgIpc) is 3.64. The Labute approximate surface area is 176 Å². The molecule has 3 aromatic heterocycles. The first kappa shape index (κ1) is 19.5. The Hall–Kier alpha value is -3.47. The van der Waals surface area contributed by atoms with E-state index in [2.05, 4.69) is 26.0 Å². The summed E-state index contributed by atoms with van der Waals surface area (Å²) in [5, 5.41) is 13.2. The van der Waals surface area contributed by atoms with Crippen molar-refractivity contribution in [3.8, 4) is 0 Å². The van der Waals surface area contributed by atoms with E-state index in [1.54, 1.807) is 38.6 Å². The highest BCUT2D eigenvalue weighted by molar-refractivity contribution is 6.00. The van der Waals surface area contributed by atoms with Crippen LogP contribution in [-0.4, -0.2) is 57.5 Å². The topological polar surface area (TPSA) is 115 Å². The largest absolute Gasteiger partial charge is 0.379 e. The normalized spacial score (nSPS) is 24.1. The number of fused-ring (bicyclic) bond motifs is 1. The third-order valence-electron chi connectivity index (χ3n) is 5.60. The molecule has 0 spiro atoms. The number of carbonyl (C=O) groups excluding carboxylic acids is 1. The van der Waals surface area contributed by atoms with Crippen molar-refractivity contribution in [1.29, 1.82) is 0 Å². The fourth-order valence-corrected chi connectivity index (χ4v) is 3.64. The van der Waals surface area contributed by atoms with Crippen LogP contribution in [0.4, 0.5) is 21.7 Å². The van der Waals surface area contributed by atoms with E-state index < -0.39 is 12.2 Å². The van der Waals surface area contributed by atoms with Gasteiger partial charge < -0.3 is 25.3 Å². The molecule has 162 valence electrons. The van der Waals surface area contributed by atoms with Crippen molar-refractivity contribution in [1.82, 2.24) is 24.5 Å². The van der Waals surface area contributed by atoms with Crippen molar-refractivity contribution in [2.75, 3.05) is 24.8 Å². The highest BCUT2D eigenvalue weighted by Crippen LogP contribution is 2.37. The molecule has 1 amide bonds. The van der Waals surface area contributed by atoms with Gasteiger partial charge in [0.15, 0.2) is 5.65 Å². The van der Waals surface area contributed by atoms with Gasteiger partial charge in [-0.25, -0.2) is 9.37 Å². The highest BCUT2D eigenvalue weighted by Gasteiger charge is 2.40. The summed E-state index contributed by atoms with van der Waals surface area (Å²) in [6.45, 7) is 0. The number of ether oxygens (including phenoxy) is 1. The van der Waals surface area contributed by atoms with Gasteiger partial charge in [0.05, 0.1) is 24.4 Å². The summed E-state index contributed by atoms with van der Waals surface area (Å²) >= 11 is 0. The van der Waals surface area contributed by atoms with Crippen LogP contribution < -0.4 is 21.5 Å². The Morgan fingerprint density at radius 1 is 1.35 bits per heavy atom. The number of alkyl halides is 1. The zero-order valence-corrected chi connectivity index (χ0v) is 17.0. The average molecular weight is 427 g/mol. The minimum atomic E-state index is -0.990. The van der Waals surface area contributed by atoms with Gasteiger partial charge in [-0.05, 0) is 18.6 Å². The van der Waals surface area contributed by atoms with E-state index in [-0.39, 0.29) is 29.3 Å². The third kappa shape index (κ3) is 3.50. The van der Waals surface area contributed by atoms with Crippen LogP contribution in [0.1, 0.15) is 29.2 Å². The van der Waals surface area contributed by atoms with Crippen molar-refractivity contribution < 1.29 is 13.9 Å². The van der Waals surface area contributed by atoms with E-state index in [1.807, 2.05) is 0 Å². The molecule has 2 saturated carbocycles. The first-order chi connectivity index (χ1) is 15.0. The second kappa shape index (κ2) is 7.34. The van der Waals surface area contributed by atoms with Crippen LogP contribution in [0.5, 0.6) is 0 Å². The maximum absolute atomic E-state index is 13.4. The van der Waals surface area contributed by atoms with Crippen molar-refractivity contribution in [2.24, 2.45) is 0 Å². The number of nitrogens with one attached hydrogen (secondary N) is 3. The number of hydrogen-bond donors (Lipinski definition) is 3. The van der Waals surface area contributed by atoms with E-state index >= 15 is 0 Å². The maximum atomic E-state index is 13.4. The molecule has 31 heavy (non-hydrogen) atoms. The lowest BCUT2D eigenvalue weighted by molar-refractivity contribution is 0.0936. The Morgan fingerprint density at radius 2 is 2.16 bits per heavy atom. The lowest BCUT2D eigenvalue weighted by Crippen LogP contribution is -2.28. The van der Waals surface area contributed by atoms with Crippen LogP contribution in [0.15, 0.2) is 35.4 Å². The van der Waals surface area contributed by atoms with E-state index in [0.717, 1.165) is 6.42 Å². The molecule has 0 saturated heterocycles. The minimum absolute atomic E-state index is 0.0259. The lowest BCUT2D eigenvalue weighted by Gasteiger charge is -2.11. The number of pyridine rings is 1. The lowest BCUT2D eigenvalue weighted by atomic mass is 10.3. The Kier molecular flexibility index (Phi) is 4.62. The summed E-state index contributed by atoms with van der Waals surface area (Å²) in [5.74, 6) is 0.640. The Bertz CT molecular complexity index is 1220. The number of methoxy groups -OCH3 is 1. The van der Waals surface area contributed by atoms with Gasteiger partial charge in [-0.2, -0.15) is 9.61 Å². The van der Waals surface area contributed by atoms with Crippen LogP contribution in [0.3, 0.4) is 0 Å². The molecule has 3 aromatic rings. The molecule has 4 atom stereocenters. The predicted octanol–water partition coefficient (Wildman–Crippen LogP) is 1.48. The minimum Gasteiger partial charge on any atom is -0.379 e. The number of rotatable bonds is 7. The zero-order valence-electron chi connectivity index (χ0n) is 17.0. The molecule has 0 bridgehead atoms. The van der Waals surface area contributed by atoms with Gasteiger partial charge >= 0.3 is 0 Å². The van der Waals surface area contributed by atoms with Gasteiger partial charge in [0.25, 0.3) is 11.5 Å². The van der Waals surface area contributed by atoms with Crippen LogP contribution in [0.2, 0.25) is 0 Å². The molecule has 0 aromatic carbocycles. The summed E-state index contributed by atoms with van der Waals surface area (Å²) in [4.78, 5) is 30.0. The number of nitrogens with zero attached hydrogens (tertiary/aromatic N) is 4. The van der Waals surface area contributed by atoms with Crippen LogP contribution in [-0.2, 0) is 4.74 Å². The molecule has 2 aliphatic rings. The quantitative estimate of drug-likeness (QED) is 0.523. The van der Waals surface area contributed by atoms with Gasteiger partial charge in [0.1, 0.15) is 29.1 Å². The SMILES string of the molecule is CNc1cc(Nc2cccn([C@H]3C[C@@H]3F)c2=O)nc2c(C(=O)N[C@H]3C[C@@H]3OC)cnn12. The van der Waals surface area contributed by atoms with Gasteiger partial charge in [-0.15, -0.1) is 0 Å². The van der Waals surface area contributed by atoms with Crippen LogP contribution >= 0.6 is 0 Å². The molecule has 10 nitrogen and oxygen atoms in total. The number of halogens is 1. The Morgan fingerprint density at radius 3 is 2.84 bits per heavy atom. The molecule has 3 heterocycles. The highest BCUT2D eigenvalue weighted by atomic mass is 19.1. The Balaban J connectivity index is 1.47. The second-order valence-electron chi connectivity index (χ2n) is 7.74. The zero-order chi connectivity index (χ0) is 21.7. The summed E-state index contributed by atoms with van der Waals surface area (Å²) in [7, 11) is 3.33. The van der Waals surface area contributed by atoms with Gasteiger partial charge in [-0.1, -0.05) is 0 Å². The standard InChI is InChI=1S/C20H22FN7O3/c1-22-17-8-16(24-12-4-3-5-27(20(12)30)14-6-11(14)21)26-18-10(9-23-28(17)18)19(29)25-13-7-15(13)31-2/h3-5,8-9,11,13-15,22H,6-7H2,1-2H3,(H,24,26)(H,25,29)/t11-,13-,14-,15-/m0/s1. The molecule has 5 rings (SSSR count). The monoisotopic (exact) mass is 427 g/mol. The number of amides is 1. The van der Waals surface area contributed by atoms with E-state index in [9.17, 15) is 14.0 Å². The molecule has 0 radical (unpaired) electrons. The fraction of sp³-hybridized carbons (Fsp3) is 0.400. The molecule has 3 N–H and O–H groups in total. The molecular formula is C20H22FN7O3. The fourth-order valence-electron chi connectivity index (χ4n) is 3.64. The molecule has 2 fully saturated rings. The molecular weight excluding hydrogens is 405 g/mol. The number of aromatic nitrogens is 4. The van der Waals surface area contributed by atoms with Gasteiger partial charge in [0, 0.05) is 32.8 Å². The van der Waals surface area contributed by atoms with Crippen molar-refractivity contribution in [3.63, 3.8) is 0 Å². The van der Waals surface area contributed by atoms with Gasteiger partial charge in [0.2, 0.25) is 0 Å². The second-order valence-corrected chi connectivity index (χ2v) is 7.74. The molecule has 2 aliphatic carbocycles. The smallest absolute Gasteiger partial charge is 0.274 e. The number of hydrogen-bond acceptors (Lipinski definition) is 7. The van der Waals surface area contributed by atoms with Crippen LogP contribution in [0, 0.1) is 0 Å². The molecule has 0 aliphatic heterocycles.